The van der Waals surface area contributed by atoms with Crippen LogP contribution in [-0.4, -0.2) is 15.0 Å². The first-order valence-corrected chi connectivity index (χ1v) is 7.00. The zero-order valence-corrected chi connectivity index (χ0v) is 12.1. The number of aromatic amines is 2. The Balaban J connectivity index is 1.97. The van der Waals surface area contributed by atoms with Crippen LogP contribution in [0.5, 0.6) is 0 Å². The molecule has 0 saturated heterocycles. The normalized spacial score (nSPS) is 11.4. The SMILES string of the molecule is Cc1ccc2[nH]c(=O)c(-c3nc4cc(F)c(F)cc4[nH]3)cc2c1. The summed E-state index contributed by atoms with van der Waals surface area (Å²) in [5.41, 5.74) is 2.38. The minimum atomic E-state index is -0.974. The van der Waals surface area contributed by atoms with Gasteiger partial charge in [-0.25, -0.2) is 13.8 Å². The molecule has 2 aromatic carbocycles. The molecule has 0 fully saturated rings. The molecule has 0 unspecified atom stereocenters. The van der Waals surface area contributed by atoms with Gasteiger partial charge in [0.25, 0.3) is 5.56 Å². The van der Waals surface area contributed by atoms with E-state index in [0.717, 1.165) is 28.6 Å². The smallest absolute Gasteiger partial charge is 0.259 e. The van der Waals surface area contributed by atoms with Crippen LogP contribution in [0, 0.1) is 18.6 Å². The van der Waals surface area contributed by atoms with Crippen molar-refractivity contribution in [3.63, 3.8) is 0 Å². The van der Waals surface area contributed by atoms with Crippen LogP contribution in [0.15, 0.2) is 41.2 Å². The maximum Gasteiger partial charge on any atom is 0.259 e. The van der Waals surface area contributed by atoms with E-state index in [1.165, 1.54) is 0 Å². The van der Waals surface area contributed by atoms with E-state index in [1.54, 1.807) is 6.07 Å². The molecule has 0 saturated carbocycles. The van der Waals surface area contributed by atoms with Gasteiger partial charge in [0.05, 0.1) is 16.6 Å². The molecule has 2 aromatic heterocycles. The van der Waals surface area contributed by atoms with Crippen molar-refractivity contribution in [3.8, 4) is 11.4 Å². The summed E-state index contributed by atoms with van der Waals surface area (Å²) in [5.74, 6) is -1.66. The average Bonchev–Trinajstić information content (AvgIpc) is 2.90. The summed E-state index contributed by atoms with van der Waals surface area (Å²) in [4.78, 5) is 22.1. The highest BCUT2D eigenvalue weighted by atomic mass is 19.2. The van der Waals surface area contributed by atoms with Crippen LogP contribution in [0.1, 0.15) is 5.56 Å². The highest BCUT2D eigenvalue weighted by Crippen LogP contribution is 2.22. The summed E-state index contributed by atoms with van der Waals surface area (Å²) in [6.45, 7) is 1.96. The molecule has 0 aliphatic carbocycles. The Morgan fingerprint density at radius 3 is 2.57 bits per heavy atom. The predicted molar refractivity (Wildman–Crippen MR) is 84.3 cm³/mol. The lowest BCUT2D eigenvalue weighted by atomic mass is 10.1. The second-order valence-electron chi connectivity index (χ2n) is 5.47. The molecule has 0 amide bonds. The first kappa shape index (κ1) is 13.6. The second kappa shape index (κ2) is 4.74. The van der Waals surface area contributed by atoms with E-state index in [2.05, 4.69) is 15.0 Å². The molecular weight excluding hydrogens is 300 g/mol. The molecule has 0 spiro atoms. The van der Waals surface area contributed by atoms with Crippen LogP contribution in [0.2, 0.25) is 0 Å². The second-order valence-corrected chi connectivity index (χ2v) is 5.47. The Morgan fingerprint density at radius 2 is 1.74 bits per heavy atom. The van der Waals surface area contributed by atoms with Crippen LogP contribution in [0.4, 0.5) is 8.78 Å². The summed E-state index contributed by atoms with van der Waals surface area (Å²) in [7, 11) is 0. The number of pyridine rings is 1. The summed E-state index contributed by atoms with van der Waals surface area (Å²) >= 11 is 0. The van der Waals surface area contributed by atoms with Crippen molar-refractivity contribution in [2.45, 2.75) is 6.92 Å². The Hall–Kier alpha value is -3.02. The lowest BCUT2D eigenvalue weighted by Crippen LogP contribution is -2.09. The fraction of sp³-hybridized carbons (Fsp3) is 0.0588. The summed E-state index contributed by atoms with van der Waals surface area (Å²) in [6, 6.07) is 9.43. The minimum absolute atomic E-state index is 0.266. The molecule has 2 heterocycles. The fourth-order valence-corrected chi connectivity index (χ4v) is 2.63. The van der Waals surface area contributed by atoms with Gasteiger partial charge in [0.15, 0.2) is 11.6 Å². The molecule has 0 radical (unpaired) electrons. The van der Waals surface area contributed by atoms with Gasteiger partial charge in [-0.3, -0.25) is 4.79 Å². The van der Waals surface area contributed by atoms with Gasteiger partial charge in [0.1, 0.15) is 5.82 Å². The van der Waals surface area contributed by atoms with E-state index in [1.807, 2.05) is 25.1 Å². The van der Waals surface area contributed by atoms with Crippen LogP contribution in [-0.2, 0) is 0 Å². The number of fused-ring (bicyclic) bond motifs is 2. The van der Waals surface area contributed by atoms with E-state index in [-0.39, 0.29) is 16.9 Å². The molecule has 4 rings (SSSR count). The molecule has 0 aliphatic rings. The van der Waals surface area contributed by atoms with E-state index in [4.69, 9.17) is 0 Å². The van der Waals surface area contributed by atoms with Gasteiger partial charge >= 0.3 is 0 Å². The van der Waals surface area contributed by atoms with Crippen molar-refractivity contribution < 1.29 is 8.78 Å². The van der Waals surface area contributed by atoms with Gasteiger partial charge in [0, 0.05) is 17.6 Å². The third-order valence-electron chi connectivity index (χ3n) is 3.78. The number of hydrogen-bond donors (Lipinski definition) is 2. The van der Waals surface area contributed by atoms with Crippen LogP contribution < -0.4 is 5.56 Å². The highest BCUT2D eigenvalue weighted by molar-refractivity contribution is 5.85. The van der Waals surface area contributed by atoms with Crippen molar-refractivity contribution in [1.82, 2.24) is 15.0 Å². The largest absolute Gasteiger partial charge is 0.338 e. The number of nitrogens with one attached hydrogen (secondary N) is 2. The lowest BCUT2D eigenvalue weighted by Gasteiger charge is -2.02. The molecule has 114 valence electrons. The van der Waals surface area contributed by atoms with Gasteiger partial charge in [-0.05, 0) is 30.5 Å². The third-order valence-corrected chi connectivity index (χ3v) is 3.78. The van der Waals surface area contributed by atoms with Gasteiger partial charge < -0.3 is 9.97 Å². The maximum absolute atomic E-state index is 13.3. The molecule has 4 aromatic rings. The number of imidazole rings is 1. The summed E-state index contributed by atoms with van der Waals surface area (Å²) < 4.78 is 26.6. The van der Waals surface area contributed by atoms with Crippen molar-refractivity contribution in [2.24, 2.45) is 0 Å². The minimum Gasteiger partial charge on any atom is -0.338 e. The zero-order valence-electron chi connectivity index (χ0n) is 12.1. The van der Waals surface area contributed by atoms with Gasteiger partial charge in [0.2, 0.25) is 0 Å². The third kappa shape index (κ3) is 2.19. The highest BCUT2D eigenvalue weighted by Gasteiger charge is 2.13. The monoisotopic (exact) mass is 311 g/mol. The standard InChI is InChI=1S/C17H11F2N3O/c1-8-2-3-13-9(4-8)5-10(17(23)22-13)16-20-14-6-11(18)12(19)7-15(14)21-16/h2-7H,1H3,(H,20,21)(H,22,23). The summed E-state index contributed by atoms with van der Waals surface area (Å²) in [5, 5.41) is 0.859. The molecule has 2 N–H and O–H groups in total. The topological polar surface area (TPSA) is 61.5 Å². The first-order chi connectivity index (χ1) is 11.0. The van der Waals surface area contributed by atoms with E-state index < -0.39 is 11.6 Å². The first-order valence-electron chi connectivity index (χ1n) is 7.00. The number of hydrogen-bond acceptors (Lipinski definition) is 2. The van der Waals surface area contributed by atoms with Gasteiger partial charge in [-0.1, -0.05) is 11.6 Å². The Bertz CT molecular complexity index is 1090. The lowest BCUT2D eigenvalue weighted by molar-refractivity contribution is 0.510. The number of nitrogens with zero attached hydrogens (tertiary/aromatic N) is 1. The number of aryl methyl sites for hydroxylation is 1. The molecule has 0 aliphatic heterocycles. The Labute approximate surface area is 128 Å². The van der Waals surface area contributed by atoms with Gasteiger partial charge in [-0.15, -0.1) is 0 Å². The maximum atomic E-state index is 13.3. The summed E-state index contributed by atoms with van der Waals surface area (Å²) in [6.07, 6.45) is 0. The van der Waals surface area contributed by atoms with Crippen molar-refractivity contribution in [2.75, 3.05) is 0 Å². The number of benzene rings is 2. The molecule has 0 bridgehead atoms. The molecule has 0 atom stereocenters. The predicted octanol–water partition coefficient (Wildman–Crippen LogP) is 3.66. The van der Waals surface area contributed by atoms with Crippen molar-refractivity contribution in [1.29, 1.82) is 0 Å². The quantitative estimate of drug-likeness (QED) is 0.563. The van der Waals surface area contributed by atoms with Crippen LogP contribution in [0.25, 0.3) is 33.3 Å². The number of halogens is 2. The Morgan fingerprint density at radius 1 is 0.957 bits per heavy atom. The van der Waals surface area contributed by atoms with E-state index in [9.17, 15) is 13.6 Å². The molecule has 23 heavy (non-hydrogen) atoms. The Kier molecular flexibility index (Phi) is 2.81. The van der Waals surface area contributed by atoms with Crippen LogP contribution >= 0.6 is 0 Å². The van der Waals surface area contributed by atoms with E-state index in [0.29, 0.717) is 11.1 Å². The molecule has 6 heteroatoms. The number of H-pyrrole nitrogens is 2. The fourth-order valence-electron chi connectivity index (χ4n) is 2.63. The van der Waals surface area contributed by atoms with Crippen LogP contribution in [0.3, 0.4) is 0 Å². The number of aromatic nitrogens is 3. The van der Waals surface area contributed by atoms with Gasteiger partial charge in [-0.2, -0.15) is 0 Å². The zero-order chi connectivity index (χ0) is 16.1. The van der Waals surface area contributed by atoms with Crippen molar-refractivity contribution in [3.05, 3.63) is 63.9 Å². The van der Waals surface area contributed by atoms with Crippen molar-refractivity contribution >= 4 is 21.9 Å². The number of rotatable bonds is 1. The molecular formula is C17H11F2N3O. The molecule has 4 nitrogen and oxygen atoms in total. The average molecular weight is 311 g/mol. The van der Waals surface area contributed by atoms with E-state index >= 15 is 0 Å².